The van der Waals surface area contributed by atoms with Crippen LogP contribution in [0.2, 0.25) is 0 Å². The Bertz CT molecular complexity index is 946. The van der Waals surface area contributed by atoms with Gasteiger partial charge in [-0.2, -0.15) is 0 Å². The predicted octanol–water partition coefficient (Wildman–Crippen LogP) is 6.38. The molecule has 2 amide bonds. The third kappa shape index (κ3) is 5.76. The number of hydrogen-bond donors (Lipinski definition) is 1. The topological polar surface area (TPSA) is 37.3 Å². The van der Waals surface area contributed by atoms with E-state index < -0.39 is 0 Å². The van der Waals surface area contributed by atoms with Crippen LogP contribution in [0.1, 0.15) is 48.6 Å². The molecule has 0 atom stereocenters. The number of rotatable bonds is 9. The fraction of sp³-hybridized carbons (Fsp3) is 0.346. The van der Waals surface area contributed by atoms with Gasteiger partial charge in [-0.1, -0.05) is 62.2 Å². The molecule has 0 aliphatic carbocycles. The summed E-state index contributed by atoms with van der Waals surface area (Å²) < 4.78 is 2.23. The summed E-state index contributed by atoms with van der Waals surface area (Å²) in [7, 11) is 0. The van der Waals surface area contributed by atoms with E-state index in [0.29, 0.717) is 6.54 Å². The van der Waals surface area contributed by atoms with Crippen LogP contribution >= 0.6 is 0 Å². The quantitative estimate of drug-likeness (QED) is 0.414. The number of urea groups is 1. The van der Waals surface area contributed by atoms with Crippen LogP contribution in [0.4, 0.5) is 10.5 Å². The molecule has 4 heteroatoms. The molecule has 0 saturated heterocycles. The standard InChI is InChI=1S/C26H33N3O/c1-4-5-9-17-29(26(30)27-25-16-10-12-21(2)22(25)3)20-24-15-11-18-28(24)19-23-13-7-6-8-14-23/h6-8,10-16,18H,4-5,9,17,19-20H2,1-3H3,(H,27,30). The van der Waals surface area contributed by atoms with Gasteiger partial charge in [0.1, 0.15) is 0 Å². The molecule has 0 unspecified atom stereocenters. The van der Waals surface area contributed by atoms with Crippen LogP contribution in [-0.4, -0.2) is 22.0 Å². The number of benzene rings is 2. The Balaban J connectivity index is 1.75. The van der Waals surface area contributed by atoms with Crippen LogP contribution in [0.5, 0.6) is 0 Å². The third-order valence-corrected chi connectivity index (χ3v) is 5.64. The van der Waals surface area contributed by atoms with Crippen molar-refractivity contribution < 1.29 is 4.79 Å². The molecule has 1 aromatic heterocycles. The highest BCUT2D eigenvalue weighted by Crippen LogP contribution is 2.19. The highest BCUT2D eigenvalue weighted by molar-refractivity contribution is 5.90. The number of aryl methyl sites for hydroxylation is 1. The normalized spacial score (nSPS) is 10.8. The minimum atomic E-state index is -0.0349. The monoisotopic (exact) mass is 403 g/mol. The van der Waals surface area contributed by atoms with Crippen molar-refractivity contribution in [3.8, 4) is 0 Å². The van der Waals surface area contributed by atoms with Gasteiger partial charge in [0.15, 0.2) is 0 Å². The Morgan fingerprint density at radius 3 is 2.53 bits per heavy atom. The van der Waals surface area contributed by atoms with E-state index >= 15 is 0 Å². The summed E-state index contributed by atoms with van der Waals surface area (Å²) in [6, 6.07) is 20.6. The molecule has 3 rings (SSSR count). The Morgan fingerprint density at radius 2 is 1.77 bits per heavy atom. The van der Waals surface area contributed by atoms with Crippen molar-refractivity contribution >= 4 is 11.7 Å². The first-order valence-corrected chi connectivity index (χ1v) is 10.9. The third-order valence-electron chi connectivity index (χ3n) is 5.64. The average Bonchev–Trinajstić information content (AvgIpc) is 3.18. The highest BCUT2D eigenvalue weighted by atomic mass is 16.2. The van der Waals surface area contributed by atoms with Crippen molar-refractivity contribution in [2.24, 2.45) is 0 Å². The van der Waals surface area contributed by atoms with E-state index in [-0.39, 0.29) is 6.03 Å². The van der Waals surface area contributed by atoms with E-state index in [1.165, 1.54) is 11.1 Å². The second-order valence-corrected chi connectivity index (χ2v) is 7.92. The summed E-state index contributed by atoms with van der Waals surface area (Å²) in [5.41, 5.74) is 5.59. The van der Waals surface area contributed by atoms with Crippen molar-refractivity contribution in [1.82, 2.24) is 9.47 Å². The molecule has 3 aromatic rings. The Morgan fingerprint density at radius 1 is 0.967 bits per heavy atom. The molecule has 0 aliphatic rings. The molecule has 0 saturated carbocycles. The fourth-order valence-electron chi connectivity index (χ4n) is 3.61. The number of carbonyl (C=O) groups excluding carboxylic acids is 1. The minimum Gasteiger partial charge on any atom is -0.345 e. The summed E-state index contributed by atoms with van der Waals surface area (Å²) in [6.45, 7) is 8.47. The lowest BCUT2D eigenvalue weighted by Crippen LogP contribution is -2.36. The second-order valence-electron chi connectivity index (χ2n) is 7.92. The smallest absolute Gasteiger partial charge is 0.322 e. The molecular formula is C26H33N3O. The van der Waals surface area contributed by atoms with Gasteiger partial charge in [-0.25, -0.2) is 4.79 Å². The maximum Gasteiger partial charge on any atom is 0.322 e. The molecule has 158 valence electrons. The van der Waals surface area contributed by atoms with E-state index in [1.54, 1.807) is 0 Å². The molecule has 0 radical (unpaired) electrons. The van der Waals surface area contributed by atoms with Gasteiger partial charge in [0.25, 0.3) is 0 Å². The summed E-state index contributed by atoms with van der Waals surface area (Å²) in [5.74, 6) is 0. The average molecular weight is 404 g/mol. The molecule has 30 heavy (non-hydrogen) atoms. The Labute approximate surface area is 180 Å². The largest absolute Gasteiger partial charge is 0.345 e. The predicted molar refractivity (Wildman–Crippen MR) is 125 cm³/mol. The van der Waals surface area contributed by atoms with Gasteiger partial charge in [-0.05, 0) is 55.2 Å². The van der Waals surface area contributed by atoms with Crippen LogP contribution in [-0.2, 0) is 13.1 Å². The fourth-order valence-corrected chi connectivity index (χ4v) is 3.61. The lowest BCUT2D eigenvalue weighted by Gasteiger charge is -2.25. The minimum absolute atomic E-state index is 0.0349. The zero-order valence-electron chi connectivity index (χ0n) is 18.4. The van der Waals surface area contributed by atoms with Gasteiger partial charge in [0, 0.05) is 30.7 Å². The summed E-state index contributed by atoms with van der Waals surface area (Å²) >= 11 is 0. The number of hydrogen-bond acceptors (Lipinski definition) is 1. The number of aromatic nitrogens is 1. The van der Waals surface area contributed by atoms with E-state index in [0.717, 1.165) is 49.3 Å². The number of unbranched alkanes of at least 4 members (excludes halogenated alkanes) is 2. The number of amides is 2. The van der Waals surface area contributed by atoms with Gasteiger partial charge in [-0.15, -0.1) is 0 Å². The zero-order chi connectivity index (χ0) is 21.3. The van der Waals surface area contributed by atoms with Gasteiger partial charge in [0.2, 0.25) is 0 Å². The molecule has 0 aliphatic heterocycles. The van der Waals surface area contributed by atoms with Crippen molar-refractivity contribution in [3.63, 3.8) is 0 Å². The molecule has 0 bridgehead atoms. The Hall–Kier alpha value is -3.01. The Kier molecular flexibility index (Phi) is 7.72. The molecule has 1 heterocycles. The zero-order valence-corrected chi connectivity index (χ0v) is 18.4. The lowest BCUT2D eigenvalue weighted by molar-refractivity contribution is 0.206. The number of carbonyl (C=O) groups is 1. The van der Waals surface area contributed by atoms with E-state index in [1.807, 2.05) is 23.1 Å². The van der Waals surface area contributed by atoms with Gasteiger partial charge in [0.05, 0.1) is 6.54 Å². The molecule has 0 spiro atoms. The summed E-state index contributed by atoms with van der Waals surface area (Å²) in [6.07, 6.45) is 5.36. The number of nitrogens with zero attached hydrogens (tertiary/aromatic N) is 2. The van der Waals surface area contributed by atoms with Crippen molar-refractivity contribution in [2.45, 2.75) is 53.1 Å². The van der Waals surface area contributed by atoms with Gasteiger partial charge < -0.3 is 14.8 Å². The van der Waals surface area contributed by atoms with Crippen LogP contribution < -0.4 is 5.32 Å². The molecule has 2 aromatic carbocycles. The van der Waals surface area contributed by atoms with Crippen molar-refractivity contribution in [3.05, 3.63) is 89.2 Å². The van der Waals surface area contributed by atoms with E-state index in [2.05, 4.69) is 79.3 Å². The molecule has 1 N–H and O–H groups in total. The van der Waals surface area contributed by atoms with E-state index in [4.69, 9.17) is 0 Å². The summed E-state index contributed by atoms with van der Waals surface area (Å²) in [4.78, 5) is 15.1. The second kappa shape index (κ2) is 10.7. The first-order chi connectivity index (χ1) is 14.6. The van der Waals surface area contributed by atoms with Gasteiger partial charge >= 0.3 is 6.03 Å². The maximum absolute atomic E-state index is 13.2. The lowest BCUT2D eigenvalue weighted by atomic mass is 10.1. The van der Waals surface area contributed by atoms with E-state index in [9.17, 15) is 4.79 Å². The van der Waals surface area contributed by atoms with Crippen LogP contribution in [0, 0.1) is 13.8 Å². The maximum atomic E-state index is 13.2. The van der Waals surface area contributed by atoms with Crippen molar-refractivity contribution in [2.75, 3.05) is 11.9 Å². The summed E-state index contributed by atoms with van der Waals surface area (Å²) in [5, 5.41) is 3.14. The first kappa shape index (κ1) is 21.7. The van der Waals surface area contributed by atoms with Crippen molar-refractivity contribution in [1.29, 1.82) is 0 Å². The first-order valence-electron chi connectivity index (χ1n) is 10.9. The SMILES string of the molecule is CCCCCN(Cc1cccn1Cc1ccccc1)C(=O)Nc1cccc(C)c1C. The van der Waals surface area contributed by atoms with Crippen LogP contribution in [0.25, 0.3) is 0 Å². The number of nitrogens with one attached hydrogen (secondary N) is 1. The molecular weight excluding hydrogens is 370 g/mol. The van der Waals surface area contributed by atoms with Crippen LogP contribution in [0.15, 0.2) is 66.9 Å². The molecule has 4 nitrogen and oxygen atoms in total. The van der Waals surface area contributed by atoms with Gasteiger partial charge in [-0.3, -0.25) is 0 Å². The number of anilines is 1. The highest BCUT2D eigenvalue weighted by Gasteiger charge is 2.17. The molecule has 0 fully saturated rings. The van der Waals surface area contributed by atoms with Crippen LogP contribution in [0.3, 0.4) is 0 Å².